The number of benzene rings is 2. The number of pyridine rings is 2. The largest absolute Gasteiger partial charge is 0.358 e. The third-order valence-electron chi connectivity index (χ3n) is 16.2. The van der Waals surface area contributed by atoms with E-state index in [1.165, 1.54) is 4.57 Å². The van der Waals surface area contributed by atoms with Gasteiger partial charge in [-0.1, -0.05) is 67.0 Å². The second-order valence-electron chi connectivity index (χ2n) is 22.4. The van der Waals surface area contributed by atoms with Crippen LogP contribution in [-0.2, 0) is 18.9 Å². The van der Waals surface area contributed by atoms with E-state index in [1.54, 1.807) is 56.3 Å². The number of likely N-dealkylation sites (N-methyl/N-ethyl adjacent to an activating group) is 1. The lowest BCUT2D eigenvalue weighted by Gasteiger charge is -2.50. The maximum absolute atomic E-state index is 13.0. The van der Waals surface area contributed by atoms with Crippen molar-refractivity contribution < 1.29 is 10.6 Å². The third-order valence-corrected chi connectivity index (χ3v) is 16.9. The van der Waals surface area contributed by atoms with Crippen LogP contribution in [0.4, 0.5) is 16.3 Å². The first-order valence-electron chi connectivity index (χ1n) is 29.6. The van der Waals surface area contributed by atoms with Gasteiger partial charge in [-0.15, -0.1) is 0 Å². The predicted molar refractivity (Wildman–Crippen MR) is 413 cm³/mol. The summed E-state index contributed by atoms with van der Waals surface area (Å²) >= 11 is 12.6. The van der Waals surface area contributed by atoms with Crippen LogP contribution < -0.4 is 32.4 Å². The van der Waals surface area contributed by atoms with Gasteiger partial charge in [0.15, 0.2) is 0 Å². The van der Waals surface area contributed by atoms with Gasteiger partial charge in [-0.25, -0.2) is 9.97 Å². The molecule has 2 fully saturated rings. The number of alkyl halides is 1. The molecule has 47 heteroatoms. The molecule has 2 aliphatic heterocycles. The molecule has 2 aromatic carbocycles. The molecule has 4 aromatic heterocycles. The summed E-state index contributed by atoms with van der Waals surface area (Å²) in [5.74, 6) is 1.09. The van der Waals surface area contributed by atoms with E-state index in [2.05, 4.69) is 46.1 Å². The van der Waals surface area contributed by atoms with Gasteiger partial charge in [0.05, 0.1) is 15.1 Å². The van der Waals surface area contributed by atoms with Gasteiger partial charge in [0.2, 0.25) is 17.8 Å². The molecule has 0 spiro atoms. The second-order valence-corrected chi connectivity index (χ2v) is 23.2. The van der Waals surface area contributed by atoms with Crippen LogP contribution in [0.1, 0.15) is 34.5 Å². The van der Waals surface area contributed by atoms with Crippen molar-refractivity contribution in [1.82, 2.24) is 44.6 Å². The molecule has 0 aliphatic carbocycles. The van der Waals surface area contributed by atoms with Gasteiger partial charge in [0, 0.05) is 315 Å². The van der Waals surface area contributed by atoms with Gasteiger partial charge in [-0.3, -0.25) is 32.8 Å². The number of rotatable bonds is 21. The van der Waals surface area contributed by atoms with Crippen molar-refractivity contribution in [2.24, 2.45) is 14.1 Å². The van der Waals surface area contributed by atoms with Gasteiger partial charge in [0.1, 0.15) is 11.3 Å². The number of aryl methyl sites for hydroxylation is 2. The van der Waals surface area contributed by atoms with Crippen molar-refractivity contribution in [2.75, 3.05) is 57.6 Å². The number of halogens is 3. The summed E-state index contributed by atoms with van der Waals surface area (Å²) in [4.78, 5) is 57.6. The Morgan fingerprint density at radius 3 is 1.21 bits per heavy atom. The molecule has 6 heterocycles. The van der Waals surface area contributed by atoms with Crippen LogP contribution in [0.3, 0.4) is 0 Å². The quantitative estimate of drug-likeness (QED) is 0.0511. The van der Waals surface area contributed by atoms with Gasteiger partial charge in [0.25, 0.3) is 11.1 Å². The average molecular weight is 1190 g/mol. The Bertz CT molecular complexity index is 3280. The number of anilines is 2. The minimum Gasteiger partial charge on any atom is -0.358 e. The minimum atomic E-state index is -1.07. The van der Waals surface area contributed by atoms with Gasteiger partial charge in [-0.2, -0.15) is 9.97 Å². The molecule has 2 saturated heterocycles. The summed E-state index contributed by atoms with van der Waals surface area (Å²) < 4.78 is 18.6. The molecule has 0 atom stereocenters. The number of aromatic nitrogens is 6. The lowest BCUT2D eigenvalue weighted by molar-refractivity contribution is -0.122. The zero-order chi connectivity index (χ0) is 66.8. The maximum atomic E-state index is 13.0. The second kappa shape index (κ2) is 37.5. The number of hydrogen-bond donors (Lipinski definition) is 4. The van der Waals surface area contributed by atoms with E-state index in [1.807, 2.05) is 42.5 Å². The Morgan fingerprint density at radius 2 is 0.900 bits per heavy atom. The van der Waals surface area contributed by atoms with E-state index in [-0.39, 0.29) is 30.5 Å². The van der Waals surface area contributed by atoms with Crippen LogP contribution in [0.25, 0.3) is 44.3 Å². The Balaban J connectivity index is 0.000000284. The number of piperidine rings is 2. The molecule has 0 bridgehead atoms. The SMILES string of the molecule is C.CNC(=O)CN1CCC(Nc2ncc3cc(-c4ccccc4Cl)c(=O)n(C)c3n2)CC1.Cn1c(=O)c(-c2ccccc2Cl)cc2cnc(NC3CCNCC3)nc21.[2H]CF.[B]B([B])B(B([B])[B])B(B(B([B])[B])B([B])[B])B(B(B([B])[B])B([B])[B])B(B([B])[B])B([B])[B]. The van der Waals surface area contributed by atoms with E-state index in [4.69, 9.17) is 148 Å². The highest BCUT2D eigenvalue weighted by Crippen LogP contribution is 2.29. The fourth-order valence-electron chi connectivity index (χ4n) is 11.8. The molecular weight excluding hydrogens is 1130 g/mol. The summed E-state index contributed by atoms with van der Waals surface area (Å²) in [6, 6.07) is 18.8. The Labute approximate surface area is 570 Å². The predicted octanol–water partition coefficient (Wildman–Crippen LogP) is -5.12. The summed E-state index contributed by atoms with van der Waals surface area (Å²) in [6.45, 7) is 4.07. The standard InChI is InChI=1S/C22H25ClN6O2.C19H20ClN5O.CH3F.CH4.B30/c1-24-19(30)13-29-9-7-15(8-10-29)26-22-25-12-14-11-17(16-5-3-4-6-18(16)23)21(31)28(2)20(14)27-22;1-25-17-12(10-15(18(25)26)14-4-2-3-5-16(14)20)11-22-19(24-17)23-13-6-8-21-9-7-13;1-2;;1-17(2)25(18(3)4)29(26(19(5)6)20(7)8)30(27(21(9)10)22(11)12)28(23(13)14)24(15)16/h3-6,11-12,15H,7-10,13H2,1-2H3,(H,24,30)(H,25,26,27);2-5,10-11,13,21H,6-9H2,1H3,(H,22,23,24);1H3;1H4;/i;;1D;;. The summed E-state index contributed by atoms with van der Waals surface area (Å²) in [5.41, 5.74) is 3.37. The Hall–Kier alpha value is -3.53. The molecule has 2 aliphatic rings. The van der Waals surface area contributed by atoms with E-state index in [0.29, 0.717) is 68.1 Å². The summed E-state index contributed by atoms with van der Waals surface area (Å²) in [6.07, 6.45) is -6.38. The van der Waals surface area contributed by atoms with Gasteiger partial charge in [-0.05, 0) is 63.0 Å². The molecule has 90 heavy (non-hydrogen) atoms. The monoisotopic (exact) mass is 1190 g/mol. The summed E-state index contributed by atoms with van der Waals surface area (Å²) in [5, 5.41) is 15.4. The van der Waals surface area contributed by atoms with Crippen molar-refractivity contribution in [1.29, 1.82) is 0 Å². The molecule has 4 N–H and O–H groups in total. The number of carbonyl (C=O) groups is 1. The first-order chi connectivity index (χ1) is 42.6. The van der Waals surface area contributed by atoms with Crippen LogP contribution in [0, 0.1) is 0 Å². The van der Waals surface area contributed by atoms with Crippen LogP contribution >= 0.6 is 23.2 Å². The number of likely N-dealkylation sites (tertiary alicyclic amines) is 1. The Kier molecular flexibility index (Phi) is 32.2. The van der Waals surface area contributed by atoms with Crippen molar-refractivity contribution in [3.05, 3.63) is 104 Å². The number of fused-ring (bicyclic) bond motifs is 2. The molecule has 14 nitrogen and oxygen atoms in total. The highest BCUT2D eigenvalue weighted by Gasteiger charge is 2.52. The smallest absolute Gasteiger partial charge is 0.259 e. The third kappa shape index (κ3) is 20.7. The molecule has 408 valence electrons. The molecule has 8 rings (SSSR count). The first-order valence-corrected chi connectivity index (χ1v) is 29.7. The number of amides is 1. The fourth-order valence-corrected chi connectivity index (χ4v) is 12.3. The van der Waals surface area contributed by atoms with Crippen LogP contribution in [-0.4, -0.2) is 312 Å². The van der Waals surface area contributed by atoms with E-state index < -0.39 is 96.5 Å². The maximum Gasteiger partial charge on any atom is 0.259 e. The number of nitrogens with one attached hydrogen (secondary N) is 4. The molecule has 32 radical (unpaired) electrons. The zero-order valence-corrected chi connectivity index (χ0v) is 52.0. The van der Waals surface area contributed by atoms with E-state index >= 15 is 0 Å². The number of hydrogen-bond acceptors (Lipinski definition) is 11. The molecule has 0 saturated carbocycles. The van der Waals surface area contributed by atoms with E-state index in [0.717, 1.165) is 62.6 Å². The highest BCUT2D eigenvalue weighted by atomic mass is 35.5. The lowest BCUT2D eigenvalue weighted by Crippen LogP contribution is -2.88. The van der Waals surface area contributed by atoms with Gasteiger partial charge >= 0.3 is 0 Å². The van der Waals surface area contributed by atoms with Crippen LogP contribution in [0.2, 0.25) is 10.0 Å². The van der Waals surface area contributed by atoms with Crippen molar-refractivity contribution in [2.45, 2.75) is 45.2 Å². The first kappa shape index (κ1) is 77.2. The molecule has 0 unspecified atom stereocenters. The van der Waals surface area contributed by atoms with Gasteiger partial charge < -0.3 is 21.3 Å². The number of nitrogens with zero attached hydrogens (tertiary/aromatic N) is 7. The lowest BCUT2D eigenvalue weighted by atomic mass is 8.31. The van der Waals surface area contributed by atoms with Crippen molar-refractivity contribution in [3.8, 4) is 22.3 Å². The van der Waals surface area contributed by atoms with Crippen LogP contribution in [0.15, 0.2) is 82.6 Å². The van der Waals surface area contributed by atoms with Crippen LogP contribution in [0.5, 0.6) is 0 Å². The topological polar surface area (TPSA) is 164 Å². The zero-order valence-electron chi connectivity index (χ0n) is 51.5. The Morgan fingerprint density at radius 1 is 0.578 bits per heavy atom. The minimum absolute atomic E-state index is 0. The fraction of sp³-hybridized carbons (Fsp3) is 0.372. The molecule has 6 aromatic rings. The van der Waals surface area contributed by atoms with Crippen molar-refractivity contribution >= 4 is 276 Å². The highest BCUT2D eigenvalue weighted by molar-refractivity contribution is 8.27. The molecule has 1 amide bonds. The van der Waals surface area contributed by atoms with Crippen molar-refractivity contribution in [3.63, 3.8) is 0 Å². The average Bonchev–Trinajstić information content (AvgIpc) is 0.791. The normalized spacial score (nSPS) is 13.0. The molecular formula is C43H52B30Cl2FN11O3. The number of carbonyl (C=O) groups excluding carboxylic acids is 1. The van der Waals surface area contributed by atoms with E-state index in [9.17, 15) is 18.8 Å². The summed E-state index contributed by atoms with van der Waals surface area (Å²) in [7, 11) is 100.